The zero-order chi connectivity index (χ0) is 13.8. The molecule has 3 aliphatic rings. The van der Waals surface area contributed by atoms with E-state index in [1.165, 1.54) is 17.7 Å². The monoisotopic (exact) mass is 265 g/mol. The van der Waals surface area contributed by atoms with E-state index in [4.69, 9.17) is 0 Å². The number of nitrogens with zero attached hydrogens (tertiary/aromatic N) is 2. The molecule has 104 valence electrons. The van der Waals surface area contributed by atoms with Crippen molar-refractivity contribution in [3.05, 3.63) is 0 Å². The molecular weight excluding hydrogens is 246 g/mol. The molecule has 1 aliphatic carbocycles. The lowest BCUT2D eigenvalue weighted by Gasteiger charge is -2.37. The Morgan fingerprint density at radius 2 is 1.79 bits per heavy atom. The van der Waals surface area contributed by atoms with Gasteiger partial charge in [-0.3, -0.25) is 24.7 Å². The van der Waals surface area contributed by atoms with E-state index >= 15 is 0 Å². The lowest BCUT2D eigenvalue weighted by atomic mass is 9.88. The number of amides is 4. The van der Waals surface area contributed by atoms with Gasteiger partial charge in [-0.25, -0.2) is 4.79 Å². The Balaban J connectivity index is 1.77. The normalized spacial score (nSPS) is 31.8. The number of barbiturate groups is 1. The first kappa shape index (κ1) is 12.6. The van der Waals surface area contributed by atoms with Crippen LogP contribution in [0.2, 0.25) is 0 Å². The van der Waals surface area contributed by atoms with E-state index < -0.39 is 17.4 Å². The minimum Gasteiger partial charge on any atom is -0.298 e. The number of imide groups is 2. The van der Waals surface area contributed by atoms with Crippen LogP contribution in [0.25, 0.3) is 0 Å². The van der Waals surface area contributed by atoms with Gasteiger partial charge < -0.3 is 0 Å². The highest BCUT2D eigenvalue weighted by Gasteiger charge is 2.50. The van der Waals surface area contributed by atoms with Gasteiger partial charge in [0, 0.05) is 19.1 Å². The van der Waals surface area contributed by atoms with Gasteiger partial charge in [-0.2, -0.15) is 0 Å². The topological polar surface area (TPSA) is 69.7 Å². The Morgan fingerprint density at radius 1 is 1.11 bits per heavy atom. The third kappa shape index (κ3) is 1.94. The summed E-state index contributed by atoms with van der Waals surface area (Å²) in [6.07, 6.45) is 3.24. The van der Waals surface area contributed by atoms with Gasteiger partial charge in [0.1, 0.15) is 5.41 Å². The van der Waals surface area contributed by atoms with Crippen LogP contribution < -0.4 is 5.32 Å². The molecule has 0 spiro atoms. The molecule has 3 fully saturated rings. The number of carbonyl (C=O) groups excluding carboxylic acids is 3. The number of carbonyl (C=O) groups is 3. The van der Waals surface area contributed by atoms with E-state index in [9.17, 15) is 14.4 Å². The molecule has 1 unspecified atom stereocenters. The zero-order valence-corrected chi connectivity index (χ0v) is 11.3. The number of rotatable bonds is 2. The Labute approximate surface area is 112 Å². The quantitative estimate of drug-likeness (QED) is 0.730. The molecule has 1 N–H and O–H groups in total. The summed E-state index contributed by atoms with van der Waals surface area (Å²) in [5.74, 6) is -0.875. The fourth-order valence-electron chi connectivity index (χ4n) is 2.89. The summed E-state index contributed by atoms with van der Waals surface area (Å²) in [5, 5.41) is 2.30. The van der Waals surface area contributed by atoms with Gasteiger partial charge in [-0.1, -0.05) is 0 Å². The summed E-state index contributed by atoms with van der Waals surface area (Å²) in [7, 11) is 0. The van der Waals surface area contributed by atoms with Gasteiger partial charge in [-0.05, 0) is 33.1 Å². The molecule has 19 heavy (non-hydrogen) atoms. The Bertz CT molecular complexity index is 456. The lowest BCUT2D eigenvalue weighted by Crippen LogP contribution is -2.64. The largest absolute Gasteiger partial charge is 0.331 e. The molecule has 0 aromatic heterocycles. The second-order valence-corrected chi connectivity index (χ2v) is 6.23. The van der Waals surface area contributed by atoms with Crippen molar-refractivity contribution in [2.24, 2.45) is 5.41 Å². The van der Waals surface area contributed by atoms with Crippen LogP contribution in [0, 0.1) is 5.41 Å². The standard InChI is InChI=1S/C13H19N3O3/c1-13(2)10(17)14-12(19)16(11(13)18)9-5-6-15(7-9)8-3-4-8/h8-9H,3-7H2,1-2H3,(H,14,17,19). The van der Waals surface area contributed by atoms with Gasteiger partial charge in [0.2, 0.25) is 11.8 Å². The van der Waals surface area contributed by atoms with Crippen molar-refractivity contribution in [1.29, 1.82) is 0 Å². The Kier molecular flexibility index (Phi) is 2.67. The van der Waals surface area contributed by atoms with Crippen molar-refractivity contribution >= 4 is 17.8 Å². The zero-order valence-electron chi connectivity index (χ0n) is 11.3. The molecular formula is C13H19N3O3. The molecule has 1 saturated carbocycles. The number of urea groups is 1. The number of hydrogen-bond acceptors (Lipinski definition) is 4. The van der Waals surface area contributed by atoms with E-state index in [-0.39, 0.29) is 11.9 Å². The number of nitrogens with one attached hydrogen (secondary N) is 1. The van der Waals surface area contributed by atoms with Gasteiger partial charge in [0.25, 0.3) is 0 Å². The highest BCUT2D eigenvalue weighted by atomic mass is 16.2. The van der Waals surface area contributed by atoms with Crippen LogP contribution in [0.3, 0.4) is 0 Å². The van der Waals surface area contributed by atoms with Crippen LogP contribution in [0.1, 0.15) is 33.1 Å². The van der Waals surface area contributed by atoms with Crippen molar-refractivity contribution in [2.45, 2.75) is 45.2 Å². The molecule has 2 aliphatic heterocycles. The van der Waals surface area contributed by atoms with Crippen LogP contribution in [-0.4, -0.2) is 52.8 Å². The van der Waals surface area contributed by atoms with Gasteiger partial charge in [-0.15, -0.1) is 0 Å². The molecule has 6 heteroatoms. The third-order valence-corrected chi connectivity index (χ3v) is 4.38. The molecule has 1 atom stereocenters. The maximum absolute atomic E-state index is 12.4. The van der Waals surface area contributed by atoms with Crippen molar-refractivity contribution in [3.8, 4) is 0 Å². The van der Waals surface area contributed by atoms with E-state index in [0.717, 1.165) is 19.5 Å². The summed E-state index contributed by atoms with van der Waals surface area (Å²) >= 11 is 0. The average molecular weight is 265 g/mol. The molecule has 2 saturated heterocycles. The third-order valence-electron chi connectivity index (χ3n) is 4.38. The average Bonchev–Trinajstić information content (AvgIpc) is 3.08. The second-order valence-electron chi connectivity index (χ2n) is 6.23. The predicted molar refractivity (Wildman–Crippen MR) is 67.2 cm³/mol. The van der Waals surface area contributed by atoms with E-state index in [1.54, 1.807) is 13.8 Å². The minimum atomic E-state index is -1.15. The molecule has 3 rings (SSSR count). The number of likely N-dealkylation sites (tertiary alicyclic amines) is 1. The van der Waals surface area contributed by atoms with Crippen molar-refractivity contribution < 1.29 is 14.4 Å². The van der Waals surface area contributed by atoms with Gasteiger partial charge >= 0.3 is 6.03 Å². The smallest absolute Gasteiger partial charge is 0.298 e. The van der Waals surface area contributed by atoms with Crippen molar-refractivity contribution in [1.82, 2.24) is 15.1 Å². The van der Waals surface area contributed by atoms with Crippen LogP contribution >= 0.6 is 0 Å². The molecule has 0 aromatic carbocycles. The second kappa shape index (κ2) is 4.03. The summed E-state index contributed by atoms with van der Waals surface area (Å²) in [5.41, 5.74) is -1.15. The SMILES string of the molecule is CC1(C)C(=O)NC(=O)N(C2CCN(C3CC3)C2)C1=O. The predicted octanol–water partition coefficient (Wildman–Crippen LogP) is 0.328. The molecule has 0 aromatic rings. The molecule has 2 heterocycles. The highest BCUT2D eigenvalue weighted by Crippen LogP contribution is 2.33. The van der Waals surface area contributed by atoms with Crippen molar-refractivity contribution in [2.75, 3.05) is 13.1 Å². The van der Waals surface area contributed by atoms with E-state index in [1.807, 2.05) is 0 Å². The van der Waals surface area contributed by atoms with Crippen molar-refractivity contribution in [3.63, 3.8) is 0 Å². The van der Waals surface area contributed by atoms with Crippen LogP contribution in [-0.2, 0) is 9.59 Å². The molecule has 4 amide bonds. The molecule has 0 bridgehead atoms. The first-order chi connectivity index (χ1) is 8.91. The first-order valence-electron chi connectivity index (χ1n) is 6.84. The lowest BCUT2D eigenvalue weighted by molar-refractivity contribution is -0.150. The Morgan fingerprint density at radius 3 is 2.42 bits per heavy atom. The Hall–Kier alpha value is -1.43. The van der Waals surface area contributed by atoms with E-state index in [2.05, 4.69) is 10.2 Å². The maximum atomic E-state index is 12.4. The summed E-state index contributed by atoms with van der Waals surface area (Å²) < 4.78 is 0. The summed E-state index contributed by atoms with van der Waals surface area (Å²) in [6, 6.07) is -0.0138. The fourth-order valence-corrected chi connectivity index (χ4v) is 2.89. The minimum absolute atomic E-state index is 0.0968. The van der Waals surface area contributed by atoms with Crippen LogP contribution in [0.15, 0.2) is 0 Å². The van der Waals surface area contributed by atoms with E-state index in [0.29, 0.717) is 6.04 Å². The van der Waals surface area contributed by atoms with Gasteiger partial charge in [0.05, 0.1) is 6.04 Å². The molecule has 0 radical (unpaired) electrons. The van der Waals surface area contributed by atoms with Crippen LogP contribution in [0.5, 0.6) is 0 Å². The first-order valence-corrected chi connectivity index (χ1v) is 6.84. The highest BCUT2D eigenvalue weighted by molar-refractivity contribution is 6.18. The molecule has 6 nitrogen and oxygen atoms in total. The van der Waals surface area contributed by atoms with Crippen LogP contribution in [0.4, 0.5) is 4.79 Å². The summed E-state index contributed by atoms with van der Waals surface area (Å²) in [4.78, 5) is 39.6. The summed E-state index contributed by atoms with van der Waals surface area (Å²) in [6.45, 7) is 4.81. The fraction of sp³-hybridized carbons (Fsp3) is 0.769. The maximum Gasteiger partial charge on any atom is 0.331 e. The number of hydrogen-bond donors (Lipinski definition) is 1. The van der Waals surface area contributed by atoms with Gasteiger partial charge in [0.15, 0.2) is 0 Å².